The first kappa shape index (κ1) is 21.6. The van der Waals surface area contributed by atoms with Crippen molar-refractivity contribution in [3.8, 4) is 0 Å². The molecule has 0 spiro atoms. The zero-order valence-electron chi connectivity index (χ0n) is 16.3. The molecule has 3 aromatic rings. The number of nitrogens with zero attached hydrogens (tertiary/aromatic N) is 1. The number of hydrogen-bond donors (Lipinski definition) is 1. The fraction of sp³-hybridized carbons (Fsp3) is 0.0833. The van der Waals surface area contributed by atoms with Crippen LogP contribution in [-0.2, 0) is 15.8 Å². The molecular weight excluding hydrogens is 443 g/mol. The number of halogens is 4. The van der Waals surface area contributed by atoms with Crippen LogP contribution < -0.4 is 4.90 Å². The van der Waals surface area contributed by atoms with E-state index in [1.807, 2.05) is 0 Å². The Morgan fingerprint density at radius 3 is 2.19 bits per heavy atom. The van der Waals surface area contributed by atoms with E-state index in [0.717, 1.165) is 23.1 Å². The molecule has 1 amide bonds. The van der Waals surface area contributed by atoms with Crippen molar-refractivity contribution in [3.63, 3.8) is 0 Å². The van der Waals surface area contributed by atoms with E-state index in [1.54, 1.807) is 42.5 Å². The Morgan fingerprint density at radius 1 is 0.906 bits per heavy atom. The highest BCUT2D eigenvalue weighted by molar-refractivity contribution is 6.51. The van der Waals surface area contributed by atoms with Crippen molar-refractivity contribution in [3.05, 3.63) is 106 Å². The number of carbonyl (C=O) groups excluding carboxylic acids is 2. The van der Waals surface area contributed by atoms with Crippen molar-refractivity contribution in [2.24, 2.45) is 0 Å². The molecule has 1 aliphatic heterocycles. The van der Waals surface area contributed by atoms with Gasteiger partial charge in [-0.25, -0.2) is 0 Å². The van der Waals surface area contributed by atoms with Crippen LogP contribution in [0.5, 0.6) is 0 Å². The van der Waals surface area contributed by atoms with Gasteiger partial charge in [-0.2, -0.15) is 13.2 Å². The number of benzene rings is 3. The number of amides is 1. The number of aliphatic hydroxyl groups excluding tert-OH is 1. The highest BCUT2D eigenvalue weighted by Gasteiger charge is 2.47. The first-order chi connectivity index (χ1) is 15.2. The molecule has 1 heterocycles. The third-order valence-corrected chi connectivity index (χ3v) is 5.38. The van der Waals surface area contributed by atoms with Gasteiger partial charge in [0.25, 0.3) is 11.7 Å². The minimum atomic E-state index is -4.64. The summed E-state index contributed by atoms with van der Waals surface area (Å²) in [6.45, 7) is 0. The summed E-state index contributed by atoms with van der Waals surface area (Å²) in [6.07, 6.45) is -4.64. The van der Waals surface area contributed by atoms with Crippen LogP contribution in [0.4, 0.5) is 18.9 Å². The zero-order chi connectivity index (χ0) is 23.0. The van der Waals surface area contributed by atoms with Gasteiger partial charge in [-0.05, 0) is 35.9 Å². The minimum Gasteiger partial charge on any atom is -0.507 e. The summed E-state index contributed by atoms with van der Waals surface area (Å²) in [5.74, 6) is -2.45. The van der Waals surface area contributed by atoms with Crippen molar-refractivity contribution in [1.29, 1.82) is 0 Å². The van der Waals surface area contributed by atoms with Gasteiger partial charge < -0.3 is 5.11 Å². The van der Waals surface area contributed by atoms with Gasteiger partial charge >= 0.3 is 6.18 Å². The first-order valence-corrected chi connectivity index (χ1v) is 9.85. The van der Waals surface area contributed by atoms with Crippen LogP contribution in [0, 0.1) is 0 Å². The molecule has 1 fully saturated rings. The van der Waals surface area contributed by atoms with Gasteiger partial charge in [-0.15, -0.1) is 0 Å². The predicted molar refractivity (Wildman–Crippen MR) is 114 cm³/mol. The lowest BCUT2D eigenvalue weighted by Gasteiger charge is -2.26. The van der Waals surface area contributed by atoms with Gasteiger partial charge in [0, 0.05) is 16.3 Å². The normalized spacial score (nSPS) is 18.2. The Hall–Kier alpha value is -3.58. The Morgan fingerprint density at radius 2 is 1.56 bits per heavy atom. The van der Waals surface area contributed by atoms with E-state index in [4.69, 9.17) is 11.6 Å². The van der Waals surface area contributed by atoms with E-state index in [2.05, 4.69) is 0 Å². The molecule has 0 aromatic heterocycles. The molecule has 32 heavy (non-hydrogen) atoms. The Labute approximate surface area is 186 Å². The predicted octanol–water partition coefficient (Wildman–Crippen LogP) is 5.99. The summed E-state index contributed by atoms with van der Waals surface area (Å²) in [5, 5.41) is 11.3. The third-order valence-electron chi connectivity index (χ3n) is 5.13. The number of aliphatic hydroxyl groups is 1. The van der Waals surface area contributed by atoms with E-state index in [1.165, 1.54) is 18.2 Å². The number of hydrogen-bond acceptors (Lipinski definition) is 3. The fourth-order valence-corrected chi connectivity index (χ4v) is 3.77. The van der Waals surface area contributed by atoms with Crippen molar-refractivity contribution in [2.45, 2.75) is 12.2 Å². The summed E-state index contributed by atoms with van der Waals surface area (Å²) >= 11 is 5.96. The molecular formula is C24H15ClF3NO3. The quantitative estimate of drug-likeness (QED) is 0.299. The van der Waals surface area contributed by atoms with Crippen LogP contribution in [0.25, 0.3) is 5.76 Å². The van der Waals surface area contributed by atoms with E-state index < -0.39 is 35.2 Å². The monoisotopic (exact) mass is 457 g/mol. The summed E-state index contributed by atoms with van der Waals surface area (Å²) < 4.78 is 39.9. The molecule has 1 N–H and O–H groups in total. The molecule has 4 nitrogen and oxygen atoms in total. The van der Waals surface area contributed by atoms with Crippen LogP contribution in [0.15, 0.2) is 84.4 Å². The fourth-order valence-electron chi connectivity index (χ4n) is 3.64. The maximum absolute atomic E-state index is 13.3. The first-order valence-electron chi connectivity index (χ1n) is 9.47. The van der Waals surface area contributed by atoms with Gasteiger partial charge in [0.1, 0.15) is 5.76 Å². The lowest BCUT2D eigenvalue weighted by atomic mass is 9.95. The Balaban J connectivity index is 1.94. The molecule has 0 saturated carbocycles. The highest BCUT2D eigenvalue weighted by Crippen LogP contribution is 2.43. The van der Waals surface area contributed by atoms with Gasteiger partial charge in [0.05, 0.1) is 17.2 Å². The van der Waals surface area contributed by atoms with Gasteiger partial charge in [-0.3, -0.25) is 14.5 Å². The van der Waals surface area contributed by atoms with Gasteiger partial charge in [0.2, 0.25) is 0 Å². The maximum atomic E-state index is 13.3. The lowest BCUT2D eigenvalue weighted by molar-refractivity contribution is -0.137. The zero-order valence-corrected chi connectivity index (χ0v) is 17.1. The SMILES string of the molecule is O=C1C(=O)N(c2cccc(C(F)(F)F)c2)C(c2ccc(Cl)cc2)C1=C(O)c1ccccc1. The highest BCUT2D eigenvalue weighted by atomic mass is 35.5. The molecule has 8 heteroatoms. The molecule has 4 rings (SSSR count). The van der Waals surface area contributed by atoms with Crippen LogP contribution >= 0.6 is 11.6 Å². The third kappa shape index (κ3) is 3.87. The number of anilines is 1. The molecule has 0 radical (unpaired) electrons. The average Bonchev–Trinajstić information content (AvgIpc) is 3.04. The molecule has 1 saturated heterocycles. The summed E-state index contributed by atoms with van der Waals surface area (Å²) in [6, 6.07) is 17.3. The number of alkyl halides is 3. The Kier molecular flexibility index (Phi) is 5.52. The van der Waals surface area contributed by atoms with Crippen LogP contribution in [-0.4, -0.2) is 16.8 Å². The molecule has 3 aromatic carbocycles. The van der Waals surface area contributed by atoms with Gasteiger partial charge in [-0.1, -0.05) is 60.1 Å². The standard InChI is InChI=1S/C24H15ClF3NO3/c25-17-11-9-14(10-12-17)20-19(21(30)15-5-2-1-3-6-15)22(31)23(32)29(20)18-8-4-7-16(13-18)24(26,27)28/h1-13,20,30H. The van der Waals surface area contributed by atoms with Crippen LogP contribution in [0.2, 0.25) is 5.02 Å². The molecule has 162 valence electrons. The van der Waals surface area contributed by atoms with Crippen LogP contribution in [0.3, 0.4) is 0 Å². The van der Waals surface area contributed by atoms with E-state index in [0.29, 0.717) is 16.1 Å². The van der Waals surface area contributed by atoms with Crippen molar-refractivity contribution >= 4 is 34.7 Å². The second kappa shape index (κ2) is 8.16. The topological polar surface area (TPSA) is 57.6 Å². The smallest absolute Gasteiger partial charge is 0.416 e. The number of ketones is 1. The molecule has 1 unspecified atom stereocenters. The van der Waals surface area contributed by atoms with E-state index in [-0.39, 0.29) is 11.3 Å². The van der Waals surface area contributed by atoms with Crippen molar-refractivity contribution in [2.75, 3.05) is 4.90 Å². The average molecular weight is 458 g/mol. The Bertz CT molecular complexity index is 1220. The molecule has 1 aliphatic rings. The summed E-state index contributed by atoms with van der Waals surface area (Å²) in [4.78, 5) is 26.9. The molecule has 0 bridgehead atoms. The number of carbonyl (C=O) groups is 2. The second-order valence-corrected chi connectivity index (χ2v) is 7.57. The van der Waals surface area contributed by atoms with E-state index in [9.17, 15) is 27.9 Å². The van der Waals surface area contributed by atoms with Gasteiger partial charge in [0.15, 0.2) is 0 Å². The number of rotatable bonds is 3. The summed E-state index contributed by atoms with van der Waals surface area (Å²) in [7, 11) is 0. The molecule has 1 atom stereocenters. The maximum Gasteiger partial charge on any atom is 0.416 e. The summed E-state index contributed by atoms with van der Waals surface area (Å²) in [5.41, 5.74) is -0.596. The van der Waals surface area contributed by atoms with Crippen LogP contribution in [0.1, 0.15) is 22.7 Å². The van der Waals surface area contributed by atoms with E-state index >= 15 is 0 Å². The number of Topliss-reactive ketones (excluding diaryl/α,β-unsaturated/α-hetero) is 1. The van der Waals surface area contributed by atoms with Crippen molar-refractivity contribution < 1.29 is 27.9 Å². The minimum absolute atomic E-state index is 0.117. The second-order valence-electron chi connectivity index (χ2n) is 7.13. The largest absolute Gasteiger partial charge is 0.507 e. The molecule has 0 aliphatic carbocycles. The lowest BCUT2D eigenvalue weighted by Crippen LogP contribution is -2.29. The van der Waals surface area contributed by atoms with Crippen molar-refractivity contribution in [1.82, 2.24) is 0 Å².